The van der Waals surface area contributed by atoms with Gasteiger partial charge in [-0.15, -0.1) is 0 Å². The predicted molar refractivity (Wildman–Crippen MR) is 136 cm³/mol. The van der Waals surface area contributed by atoms with Crippen LogP contribution < -0.4 is 15.4 Å². The van der Waals surface area contributed by atoms with Crippen molar-refractivity contribution < 1.29 is 4.74 Å². The maximum Gasteiger partial charge on any atom is 0.231 e. The van der Waals surface area contributed by atoms with Gasteiger partial charge in [0.05, 0.1) is 12.9 Å². The third kappa shape index (κ3) is 5.22. The zero-order valence-corrected chi connectivity index (χ0v) is 19.6. The molecule has 1 aliphatic carbocycles. The molecular formula is C26H31N7O. The number of anilines is 3. The van der Waals surface area contributed by atoms with Crippen LogP contribution >= 0.6 is 0 Å². The van der Waals surface area contributed by atoms with Gasteiger partial charge in [-0.05, 0) is 74.9 Å². The number of rotatable bonds is 9. The largest absolute Gasteiger partial charge is 0.494 e. The molecule has 0 atom stereocenters. The van der Waals surface area contributed by atoms with Gasteiger partial charge in [-0.1, -0.05) is 12.2 Å². The number of aryl methyl sites for hydroxylation is 2. The van der Waals surface area contributed by atoms with Gasteiger partial charge in [-0.2, -0.15) is 9.97 Å². The van der Waals surface area contributed by atoms with Crippen molar-refractivity contribution >= 4 is 28.6 Å². The van der Waals surface area contributed by atoms with E-state index < -0.39 is 0 Å². The molecule has 0 radical (unpaired) electrons. The zero-order valence-electron chi connectivity index (χ0n) is 19.6. The van der Waals surface area contributed by atoms with Crippen LogP contribution in [0.3, 0.4) is 0 Å². The first-order chi connectivity index (χ1) is 16.6. The summed E-state index contributed by atoms with van der Waals surface area (Å²) in [5, 5.41) is 6.96. The predicted octanol–water partition coefficient (Wildman–Crippen LogP) is 5.59. The summed E-state index contributed by atoms with van der Waals surface area (Å²) in [4.78, 5) is 16.9. The summed E-state index contributed by atoms with van der Waals surface area (Å²) in [6, 6.07) is 10.5. The molecule has 0 spiro atoms. The molecule has 1 aliphatic rings. The maximum absolute atomic E-state index is 5.95. The lowest BCUT2D eigenvalue weighted by Crippen LogP contribution is -2.24. The number of nitrogens with one attached hydrogen (secondary N) is 3. The molecule has 0 unspecified atom stereocenters. The number of aromatic nitrogens is 5. The minimum Gasteiger partial charge on any atom is -0.494 e. The number of hydrogen-bond donors (Lipinski definition) is 3. The molecule has 0 amide bonds. The quantitative estimate of drug-likeness (QED) is 0.224. The van der Waals surface area contributed by atoms with Crippen LogP contribution in [0.1, 0.15) is 37.7 Å². The second-order valence-electron chi connectivity index (χ2n) is 8.89. The van der Waals surface area contributed by atoms with Gasteiger partial charge >= 0.3 is 0 Å². The summed E-state index contributed by atoms with van der Waals surface area (Å²) in [6.45, 7) is 7.79. The molecule has 4 aromatic rings. The summed E-state index contributed by atoms with van der Waals surface area (Å²) >= 11 is 0. The maximum atomic E-state index is 5.95. The molecule has 8 heteroatoms. The lowest BCUT2D eigenvalue weighted by Gasteiger charge is -2.25. The van der Waals surface area contributed by atoms with Crippen LogP contribution in [0.25, 0.3) is 11.2 Å². The molecule has 5 rings (SSSR count). The SMILES string of the molecule is C=C1CCC(Nc2nc(Nc3ccc(OCCCn4cccc4)cc3C)nc3nc[nH]c23)CC1. The Morgan fingerprint density at radius 3 is 2.79 bits per heavy atom. The highest BCUT2D eigenvalue weighted by Gasteiger charge is 2.19. The lowest BCUT2D eigenvalue weighted by molar-refractivity contribution is 0.302. The fourth-order valence-electron chi connectivity index (χ4n) is 4.30. The Bertz CT molecular complexity index is 1250. The average molecular weight is 458 g/mol. The molecule has 1 fully saturated rings. The zero-order chi connectivity index (χ0) is 23.3. The molecule has 8 nitrogen and oxygen atoms in total. The van der Waals surface area contributed by atoms with Crippen molar-refractivity contribution in [2.24, 2.45) is 0 Å². The van der Waals surface area contributed by atoms with Crippen LogP contribution in [0, 0.1) is 6.92 Å². The molecule has 0 aliphatic heterocycles. The first-order valence-corrected chi connectivity index (χ1v) is 11.9. The Balaban J connectivity index is 1.24. The molecule has 176 valence electrons. The topological polar surface area (TPSA) is 92.7 Å². The number of allylic oxidation sites excluding steroid dienone is 1. The van der Waals surface area contributed by atoms with Crippen molar-refractivity contribution in [2.75, 3.05) is 17.2 Å². The van der Waals surface area contributed by atoms with Crippen LogP contribution in [0.4, 0.5) is 17.5 Å². The van der Waals surface area contributed by atoms with Crippen LogP contribution in [-0.2, 0) is 6.54 Å². The van der Waals surface area contributed by atoms with Crippen molar-refractivity contribution in [1.82, 2.24) is 24.5 Å². The third-order valence-corrected chi connectivity index (χ3v) is 6.26. The second-order valence-corrected chi connectivity index (χ2v) is 8.89. The first-order valence-electron chi connectivity index (χ1n) is 11.9. The van der Waals surface area contributed by atoms with E-state index in [4.69, 9.17) is 9.72 Å². The first kappa shape index (κ1) is 22.0. The van der Waals surface area contributed by atoms with E-state index in [1.165, 1.54) is 5.57 Å². The van der Waals surface area contributed by atoms with Gasteiger partial charge in [-0.3, -0.25) is 0 Å². The highest BCUT2D eigenvalue weighted by atomic mass is 16.5. The molecule has 3 heterocycles. The Labute approximate surface area is 199 Å². The van der Waals surface area contributed by atoms with Crippen molar-refractivity contribution in [3.63, 3.8) is 0 Å². The normalized spacial score (nSPS) is 14.4. The second kappa shape index (κ2) is 9.99. The van der Waals surface area contributed by atoms with Crippen LogP contribution in [-0.4, -0.2) is 37.2 Å². The number of hydrogen-bond acceptors (Lipinski definition) is 6. The Hall–Kier alpha value is -3.81. The van der Waals surface area contributed by atoms with Crippen molar-refractivity contribution in [3.8, 4) is 5.75 Å². The van der Waals surface area contributed by atoms with Gasteiger partial charge < -0.3 is 24.9 Å². The van der Waals surface area contributed by atoms with Crippen molar-refractivity contribution in [2.45, 2.75) is 51.6 Å². The highest BCUT2D eigenvalue weighted by Crippen LogP contribution is 2.29. The van der Waals surface area contributed by atoms with E-state index in [2.05, 4.69) is 56.0 Å². The minimum atomic E-state index is 0.371. The molecule has 0 saturated heterocycles. The smallest absolute Gasteiger partial charge is 0.231 e. The van der Waals surface area contributed by atoms with Gasteiger partial charge in [0.1, 0.15) is 11.3 Å². The third-order valence-electron chi connectivity index (χ3n) is 6.26. The standard InChI is InChI=1S/C26H31N7O/c1-18-6-8-20(9-7-18)29-25-23-24(28-17-27-23)31-26(32-25)30-22-11-10-21(16-19(22)2)34-15-5-14-33-12-3-4-13-33/h3-4,10-13,16-17,20H,1,5-9,14-15H2,2H3,(H3,27,28,29,30,31,32). The lowest BCUT2D eigenvalue weighted by atomic mass is 9.92. The van der Waals surface area contributed by atoms with Crippen LogP contribution in [0.5, 0.6) is 5.75 Å². The van der Waals surface area contributed by atoms with E-state index in [0.29, 0.717) is 24.2 Å². The summed E-state index contributed by atoms with van der Waals surface area (Å²) in [5.41, 5.74) is 4.80. The van der Waals surface area contributed by atoms with E-state index in [1.54, 1.807) is 6.33 Å². The molecule has 1 aromatic carbocycles. The van der Waals surface area contributed by atoms with E-state index in [-0.39, 0.29) is 0 Å². The van der Waals surface area contributed by atoms with Crippen molar-refractivity contribution in [3.05, 3.63) is 66.8 Å². The monoisotopic (exact) mass is 457 g/mol. The molecule has 34 heavy (non-hydrogen) atoms. The summed E-state index contributed by atoms with van der Waals surface area (Å²) in [7, 11) is 0. The molecule has 0 bridgehead atoms. The number of aromatic amines is 1. The summed E-state index contributed by atoms with van der Waals surface area (Å²) < 4.78 is 8.10. The summed E-state index contributed by atoms with van der Waals surface area (Å²) in [5.74, 6) is 2.16. The number of benzene rings is 1. The van der Waals surface area contributed by atoms with Gasteiger partial charge in [-0.25, -0.2) is 4.98 Å². The van der Waals surface area contributed by atoms with Gasteiger partial charge in [0.15, 0.2) is 11.5 Å². The molecular weight excluding hydrogens is 426 g/mol. The van der Waals surface area contributed by atoms with Crippen LogP contribution in [0.15, 0.2) is 61.2 Å². The molecule has 1 saturated carbocycles. The number of nitrogens with zero attached hydrogens (tertiary/aromatic N) is 4. The van der Waals surface area contributed by atoms with E-state index in [1.807, 2.05) is 30.3 Å². The molecule has 3 N–H and O–H groups in total. The minimum absolute atomic E-state index is 0.371. The van der Waals surface area contributed by atoms with E-state index in [0.717, 1.165) is 67.0 Å². The van der Waals surface area contributed by atoms with Gasteiger partial charge in [0, 0.05) is 30.7 Å². The fraction of sp³-hybridized carbons (Fsp3) is 0.346. The van der Waals surface area contributed by atoms with Crippen LogP contribution in [0.2, 0.25) is 0 Å². The summed E-state index contributed by atoms with van der Waals surface area (Å²) in [6.07, 6.45) is 11.0. The number of ether oxygens (including phenoxy) is 1. The number of fused-ring (bicyclic) bond motifs is 1. The highest BCUT2D eigenvalue weighted by molar-refractivity contribution is 5.84. The molecule has 3 aromatic heterocycles. The van der Waals surface area contributed by atoms with Gasteiger partial charge in [0.2, 0.25) is 5.95 Å². The number of H-pyrrole nitrogens is 1. The Morgan fingerprint density at radius 1 is 1.18 bits per heavy atom. The fourth-order valence-corrected chi connectivity index (χ4v) is 4.30. The Morgan fingerprint density at radius 2 is 2.00 bits per heavy atom. The average Bonchev–Trinajstić information content (AvgIpc) is 3.52. The van der Waals surface area contributed by atoms with E-state index >= 15 is 0 Å². The van der Waals surface area contributed by atoms with Gasteiger partial charge in [0.25, 0.3) is 0 Å². The van der Waals surface area contributed by atoms with Crippen molar-refractivity contribution in [1.29, 1.82) is 0 Å². The van der Waals surface area contributed by atoms with E-state index in [9.17, 15) is 0 Å². The number of imidazole rings is 1. The Kier molecular flexibility index (Phi) is 6.46.